The first-order valence-electron chi connectivity index (χ1n) is 6.98. The van der Waals surface area contributed by atoms with Gasteiger partial charge < -0.3 is 10.6 Å². The monoisotopic (exact) mass is 278 g/mol. The van der Waals surface area contributed by atoms with Crippen molar-refractivity contribution in [2.75, 3.05) is 11.9 Å². The summed E-state index contributed by atoms with van der Waals surface area (Å²) in [6, 6.07) is 16.3. The van der Waals surface area contributed by atoms with Crippen molar-refractivity contribution in [2.24, 2.45) is 5.73 Å². The van der Waals surface area contributed by atoms with Gasteiger partial charge in [0, 0.05) is 25.5 Å². The zero-order chi connectivity index (χ0) is 14.7. The lowest BCUT2D eigenvalue weighted by Crippen LogP contribution is -2.18. The number of fused-ring (bicyclic) bond motifs is 1. The van der Waals surface area contributed by atoms with Crippen molar-refractivity contribution in [1.82, 2.24) is 10.2 Å². The Kier molecular flexibility index (Phi) is 3.79. The molecule has 4 heteroatoms. The van der Waals surface area contributed by atoms with Gasteiger partial charge in [-0.15, -0.1) is 0 Å². The smallest absolute Gasteiger partial charge is 0.0950 e. The Bertz CT molecular complexity index is 749. The van der Waals surface area contributed by atoms with Gasteiger partial charge in [-0.25, -0.2) is 0 Å². The van der Waals surface area contributed by atoms with E-state index in [1.807, 2.05) is 36.5 Å². The lowest BCUT2D eigenvalue weighted by Gasteiger charge is -2.21. The highest BCUT2D eigenvalue weighted by Crippen LogP contribution is 2.24. The highest BCUT2D eigenvalue weighted by Gasteiger charge is 2.09. The molecule has 0 aliphatic carbocycles. The van der Waals surface area contributed by atoms with Crippen molar-refractivity contribution in [2.45, 2.75) is 13.1 Å². The maximum absolute atomic E-state index is 5.81. The van der Waals surface area contributed by atoms with Gasteiger partial charge in [0.25, 0.3) is 0 Å². The fourth-order valence-electron chi connectivity index (χ4n) is 2.55. The van der Waals surface area contributed by atoms with E-state index in [1.54, 1.807) is 0 Å². The van der Waals surface area contributed by atoms with Gasteiger partial charge in [-0.2, -0.15) is 10.2 Å². The lowest BCUT2D eigenvalue weighted by atomic mass is 10.1. The van der Waals surface area contributed by atoms with Gasteiger partial charge in [-0.3, -0.25) is 0 Å². The van der Waals surface area contributed by atoms with E-state index in [9.17, 15) is 0 Å². The van der Waals surface area contributed by atoms with Gasteiger partial charge in [0.15, 0.2) is 0 Å². The minimum Gasteiger partial charge on any atom is -0.368 e. The molecule has 0 saturated heterocycles. The van der Waals surface area contributed by atoms with Crippen molar-refractivity contribution in [3.8, 4) is 0 Å². The average molecular weight is 278 g/mol. The van der Waals surface area contributed by atoms with E-state index >= 15 is 0 Å². The summed E-state index contributed by atoms with van der Waals surface area (Å²) in [4.78, 5) is 2.19. The molecule has 2 N–H and O–H groups in total. The number of aromatic nitrogens is 2. The fourth-order valence-corrected chi connectivity index (χ4v) is 2.55. The third kappa shape index (κ3) is 2.71. The summed E-state index contributed by atoms with van der Waals surface area (Å²) < 4.78 is 0. The first-order chi connectivity index (χ1) is 10.3. The van der Waals surface area contributed by atoms with E-state index in [4.69, 9.17) is 5.73 Å². The van der Waals surface area contributed by atoms with Crippen molar-refractivity contribution >= 4 is 16.6 Å². The highest BCUT2D eigenvalue weighted by atomic mass is 15.1. The highest BCUT2D eigenvalue weighted by molar-refractivity contribution is 5.90. The van der Waals surface area contributed by atoms with Crippen LogP contribution >= 0.6 is 0 Å². The fraction of sp³-hybridized carbons (Fsp3) is 0.176. The largest absolute Gasteiger partial charge is 0.368 e. The number of nitrogens with two attached hydrogens (primary N) is 1. The molecule has 0 spiro atoms. The molecule has 3 rings (SSSR count). The summed E-state index contributed by atoms with van der Waals surface area (Å²) in [7, 11) is 2.07. The van der Waals surface area contributed by atoms with Gasteiger partial charge in [0.1, 0.15) is 0 Å². The van der Waals surface area contributed by atoms with Gasteiger partial charge in [0.05, 0.1) is 17.4 Å². The second-order valence-corrected chi connectivity index (χ2v) is 5.08. The molecule has 0 amide bonds. The van der Waals surface area contributed by atoms with E-state index < -0.39 is 0 Å². The summed E-state index contributed by atoms with van der Waals surface area (Å²) >= 11 is 0. The van der Waals surface area contributed by atoms with E-state index in [1.165, 1.54) is 11.1 Å². The van der Waals surface area contributed by atoms with Gasteiger partial charge >= 0.3 is 0 Å². The Morgan fingerprint density at radius 1 is 1.00 bits per heavy atom. The van der Waals surface area contributed by atoms with Crippen LogP contribution in [0.5, 0.6) is 0 Å². The van der Waals surface area contributed by atoms with Crippen molar-refractivity contribution in [3.05, 3.63) is 65.9 Å². The Morgan fingerprint density at radius 3 is 2.52 bits per heavy atom. The normalized spacial score (nSPS) is 10.8. The van der Waals surface area contributed by atoms with Crippen LogP contribution in [0.15, 0.2) is 54.7 Å². The molecule has 106 valence electrons. The molecular weight excluding hydrogens is 260 g/mol. The number of hydrogen-bond acceptors (Lipinski definition) is 4. The van der Waals surface area contributed by atoms with Crippen LogP contribution in [0.2, 0.25) is 0 Å². The van der Waals surface area contributed by atoms with Gasteiger partial charge in [-0.1, -0.05) is 42.5 Å². The van der Waals surface area contributed by atoms with E-state index in [2.05, 4.69) is 40.3 Å². The van der Waals surface area contributed by atoms with Crippen molar-refractivity contribution < 1.29 is 0 Å². The number of rotatable bonds is 4. The molecule has 3 aromatic rings. The predicted molar refractivity (Wildman–Crippen MR) is 86.0 cm³/mol. The van der Waals surface area contributed by atoms with E-state index in [-0.39, 0.29) is 0 Å². The summed E-state index contributed by atoms with van der Waals surface area (Å²) in [5.74, 6) is 0. The van der Waals surface area contributed by atoms with Gasteiger partial charge in [0.2, 0.25) is 0 Å². The molecule has 0 aliphatic rings. The van der Waals surface area contributed by atoms with E-state index in [0.717, 1.165) is 23.1 Å². The predicted octanol–water partition coefficient (Wildman–Crippen LogP) is 2.72. The van der Waals surface area contributed by atoms with Crippen LogP contribution in [0.4, 0.5) is 5.69 Å². The number of anilines is 1. The Balaban J connectivity index is 1.96. The van der Waals surface area contributed by atoms with Crippen LogP contribution in [0.1, 0.15) is 11.1 Å². The van der Waals surface area contributed by atoms with Crippen LogP contribution < -0.4 is 10.6 Å². The maximum atomic E-state index is 5.81. The third-order valence-electron chi connectivity index (χ3n) is 3.68. The molecule has 0 radical (unpaired) electrons. The summed E-state index contributed by atoms with van der Waals surface area (Å²) in [5, 5.41) is 9.38. The summed E-state index contributed by atoms with van der Waals surface area (Å²) in [5.41, 5.74) is 10.2. The SMILES string of the molecule is CN(Cc1ccccc1CN)c1cnnc2ccccc12. The van der Waals surface area contributed by atoms with E-state index in [0.29, 0.717) is 6.54 Å². The molecule has 0 unspecified atom stereocenters. The minimum atomic E-state index is 0.555. The molecule has 21 heavy (non-hydrogen) atoms. The first kappa shape index (κ1) is 13.5. The van der Waals surface area contributed by atoms with Crippen LogP contribution in [0.3, 0.4) is 0 Å². The molecule has 0 atom stereocenters. The topological polar surface area (TPSA) is 55.0 Å². The van der Waals surface area contributed by atoms with Gasteiger partial charge in [-0.05, 0) is 17.2 Å². The maximum Gasteiger partial charge on any atom is 0.0950 e. The molecule has 0 saturated carbocycles. The average Bonchev–Trinajstić information content (AvgIpc) is 2.54. The summed E-state index contributed by atoms with van der Waals surface area (Å²) in [6.07, 6.45) is 1.81. The number of hydrogen-bond donors (Lipinski definition) is 1. The molecular formula is C17H18N4. The quantitative estimate of drug-likeness (QED) is 0.797. The van der Waals surface area contributed by atoms with Crippen LogP contribution in [0, 0.1) is 0 Å². The van der Waals surface area contributed by atoms with Crippen LogP contribution in [-0.4, -0.2) is 17.2 Å². The van der Waals surface area contributed by atoms with Crippen LogP contribution in [-0.2, 0) is 13.1 Å². The molecule has 0 aliphatic heterocycles. The molecule has 2 aromatic carbocycles. The number of nitrogens with zero attached hydrogens (tertiary/aromatic N) is 3. The molecule has 0 fully saturated rings. The standard InChI is InChI=1S/C17H18N4/c1-21(12-14-7-3-2-6-13(14)10-18)17-11-19-20-16-9-5-4-8-15(16)17/h2-9,11H,10,12,18H2,1H3. The number of benzene rings is 2. The lowest BCUT2D eigenvalue weighted by molar-refractivity contribution is 0.890. The molecule has 0 bridgehead atoms. The minimum absolute atomic E-state index is 0.555. The Morgan fingerprint density at radius 2 is 1.71 bits per heavy atom. The van der Waals surface area contributed by atoms with Crippen LogP contribution in [0.25, 0.3) is 10.9 Å². The Hall–Kier alpha value is -2.46. The Labute approximate surface area is 124 Å². The second-order valence-electron chi connectivity index (χ2n) is 5.08. The zero-order valence-corrected chi connectivity index (χ0v) is 12.0. The van der Waals surface area contributed by atoms with Crippen molar-refractivity contribution in [3.63, 3.8) is 0 Å². The second kappa shape index (κ2) is 5.89. The third-order valence-corrected chi connectivity index (χ3v) is 3.68. The molecule has 1 aromatic heterocycles. The molecule has 1 heterocycles. The molecule has 4 nitrogen and oxygen atoms in total. The first-order valence-corrected chi connectivity index (χ1v) is 6.98. The zero-order valence-electron chi connectivity index (χ0n) is 12.0. The summed E-state index contributed by atoms with van der Waals surface area (Å²) in [6.45, 7) is 1.35. The van der Waals surface area contributed by atoms with Crippen molar-refractivity contribution in [1.29, 1.82) is 0 Å².